The molecule has 0 unspecified atom stereocenters. The zero-order chi connectivity index (χ0) is 15.9. The van der Waals surface area contributed by atoms with Crippen molar-refractivity contribution < 1.29 is 23.2 Å². The van der Waals surface area contributed by atoms with Crippen molar-refractivity contribution in [2.45, 2.75) is 5.03 Å². The van der Waals surface area contributed by atoms with E-state index < -0.39 is 15.1 Å². The maximum absolute atomic E-state index is 11.5. The molecule has 0 fully saturated rings. The summed E-state index contributed by atoms with van der Waals surface area (Å²) in [5.41, 5.74) is 0.229. The second-order valence-electron chi connectivity index (χ2n) is 4.67. The number of hydrogen-bond donors (Lipinski definition) is 3. The highest BCUT2D eigenvalue weighted by atomic mass is 32.2. The summed E-state index contributed by atoms with van der Waals surface area (Å²) < 4.78 is 32.3. The third kappa shape index (κ3) is 2.26. The highest BCUT2D eigenvalue weighted by Crippen LogP contribution is 2.42. The summed E-state index contributed by atoms with van der Waals surface area (Å²) in [5.74, 6) is -0.441. The molecule has 7 heteroatoms. The summed E-state index contributed by atoms with van der Waals surface area (Å²) in [6.45, 7) is 0. The van der Waals surface area contributed by atoms with Crippen LogP contribution in [-0.2, 0) is 10.1 Å². The Morgan fingerprint density at radius 3 is 2.27 bits per heavy atom. The van der Waals surface area contributed by atoms with Crippen molar-refractivity contribution in [2.24, 2.45) is 0 Å². The van der Waals surface area contributed by atoms with Crippen molar-refractivity contribution in [3.05, 3.63) is 48.7 Å². The molecule has 0 aliphatic rings. The first kappa shape index (κ1) is 14.3. The van der Waals surface area contributed by atoms with E-state index >= 15 is 0 Å². The predicted octanol–water partition coefficient (Wildman–Crippen LogP) is 2.56. The lowest BCUT2D eigenvalue weighted by atomic mass is 9.97. The number of phenols is 2. The van der Waals surface area contributed by atoms with E-state index in [1.807, 2.05) is 0 Å². The van der Waals surface area contributed by atoms with Crippen molar-refractivity contribution in [3.63, 3.8) is 0 Å². The first-order valence-corrected chi connectivity index (χ1v) is 7.70. The fourth-order valence-corrected chi connectivity index (χ4v) is 3.05. The van der Waals surface area contributed by atoms with Crippen LogP contribution >= 0.6 is 0 Å². The summed E-state index contributed by atoms with van der Waals surface area (Å²) in [7, 11) is -4.56. The van der Waals surface area contributed by atoms with Gasteiger partial charge in [0.15, 0.2) is 5.03 Å². The molecule has 0 radical (unpaired) electrons. The first-order valence-electron chi connectivity index (χ1n) is 6.26. The molecular weight excluding hydrogens is 306 g/mol. The second-order valence-corrected chi connectivity index (χ2v) is 6.00. The minimum absolute atomic E-state index is 0.0544. The molecular formula is C15H11NO5S. The van der Waals surface area contributed by atoms with E-state index in [1.54, 1.807) is 24.3 Å². The number of fused-ring (bicyclic) bond motifs is 1. The molecule has 6 nitrogen and oxygen atoms in total. The smallest absolute Gasteiger partial charge is 0.312 e. The fourth-order valence-electron chi connectivity index (χ4n) is 2.41. The lowest BCUT2D eigenvalue weighted by Crippen LogP contribution is -2.03. The summed E-state index contributed by atoms with van der Waals surface area (Å²) in [4.78, 5) is 3.69. The molecule has 2 aromatic carbocycles. The van der Waals surface area contributed by atoms with Gasteiger partial charge in [-0.1, -0.05) is 24.3 Å². The third-order valence-corrected chi connectivity index (χ3v) is 4.10. The highest BCUT2D eigenvalue weighted by molar-refractivity contribution is 7.85. The van der Waals surface area contributed by atoms with E-state index in [1.165, 1.54) is 18.3 Å². The van der Waals surface area contributed by atoms with E-state index in [-0.39, 0.29) is 22.6 Å². The number of hydrogen-bond acceptors (Lipinski definition) is 5. The quantitative estimate of drug-likeness (QED) is 0.627. The molecule has 0 saturated heterocycles. The largest absolute Gasteiger partial charge is 0.507 e. The number of aromatic nitrogens is 1. The highest BCUT2D eigenvalue weighted by Gasteiger charge is 2.22. The zero-order valence-corrected chi connectivity index (χ0v) is 11.9. The average Bonchev–Trinajstić information content (AvgIpc) is 2.47. The standard InChI is InChI=1S/C15H11NO5S/c17-12-8-13(18)14(10-5-2-1-4-9(10)12)11-6-3-7-16-15(11)22(19,20)21/h1-8,17-18H,(H,19,20,21). The van der Waals surface area contributed by atoms with Gasteiger partial charge in [-0.2, -0.15) is 8.42 Å². The molecule has 0 amide bonds. The van der Waals surface area contributed by atoms with Crippen LogP contribution in [-0.4, -0.2) is 28.2 Å². The summed E-state index contributed by atoms with van der Waals surface area (Å²) in [5, 5.41) is 20.4. The van der Waals surface area contributed by atoms with Crippen LogP contribution in [0.4, 0.5) is 0 Å². The van der Waals surface area contributed by atoms with Crippen LogP contribution in [0.3, 0.4) is 0 Å². The monoisotopic (exact) mass is 317 g/mol. The Labute approximate surface area is 126 Å². The van der Waals surface area contributed by atoms with Crippen molar-refractivity contribution in [1.29, 1.82) is 0 Å². The molecule has 3 rings (SSSR count). The van der Waals surface area contributed by atoms with Crippen LogP contribution in [0.1, 0.15) is 0 Å². The van der Waals surface area contributed by atoms with E-state index in [2.05, 4.69) is 4.98 Å². The Morgan fingerprint density at radius 1 is 0.909 bits per heavy atom. The molecule has 112 valence electrons. The van der Waals surface area contributed by atoms with Crippen molar-refractivity contribution in [1.82, 2.24) is 4.98 Å². The Morgan fingerprint density at radius 2 is 1.59 bits per heavy atom. The first-order chi connectivity index (χ1) is 10.4. The van der Waals surface area contributed by atoms with Gasteiger partial charge in [0.05, 0.1) is 0 Å². The van der Waals surface area contributed by atoms with Gasteiger partial charge in [-0.25, -0.2) is 4.98 Å². The van der Waals surface area contributed by atoms with Crippen molar-refractivity contribution >= 4 is 20.9 Å². The average molecular weight is 317 g/mol. The van der Waals surface area contributed by atoms with E-state index in [9.17, 15) is 23.2 Å². The van der Waals surface area contributed by atoms with E-state index in [0.717, 1.165) is 6.07 Å². The normalized spacial score (nSPS) is 11.7. The zero-order valence-electron chi connectivity index (χ0n) is 11.1. The van der Waals surface area contributed by atoms with Crippen LogP contribution in [0.5, 0.6) is 11.5 Å². The molecule has 3 aromatic rings. The number of aromatic hydroxyl groups is 2. The van der Waals surface area contributed by atoms with Gasteiger partial charge >= 0.3 is 10.1 Å². The molecule has 1 heterocycles. The van der Waals surface area contributed by atoms with Crippen LogP contribution in [0.15, 0.2) is 53.7 Å². The van der Waals surface area contributed by atoms with Gasteiger partial charge in [-0.3, -0.25) is 4.55 Å². The van der Waals surface area contributed by atoms with Gasteiger partial charge in [0, 0.05) is 28.8 Å². The Hall–Kier alpha value is -2.64. The molecule has 0 atom stereocenters. The number of rotatable bonds is 2. The Kier molecular flexibility index (Phi) is 3.23. The number of phenolic OH excluding ortho intramolecular Hbond substituents is 2. The van der Waals surface area contributed by atoms with Crippen LogP contribution in [0.25, 0.3) is 21.9 Å². The summed E-state index contributed by atoms with van der Waals surface area (Å²) in [6, 6.07) is 10.7. The maximum Gasteiger partial charge on any atom is 0.312 e. The van der Waals surface area contributed by atoms with Gasteiger partial charge in [0.1, 0.15) is 11.5 Å². The molecule has 0 aliphatic heterocycles. The Balaban J connectivity index is 2.48. The van der Waals surface area contributed by atoms with Crippen molar-refractivity contribution in [2.75, 3.05) is 0 Å². The predicted molar refractivity (Wildman–Crippen MR) is 80.3 cm³/mol. The number of nitrogens with zero attached hydrogens (tertiary/aromatic N) is 1. The van der Waals surface area contributed by atoms with Gasteiger partial charge in [0.25, 0.3) is 0 Å². The number of benzene rings is 2. The molecule has 0 saturated carbocycles. The minimum Gasteiger partial charge on any atom is -0.507 e. The fraction of sp³-hybridized carbons (Fsp3) is 0. The molecule has 3 N–H and O–H groups in total. The minimum atomic E-state index is -4.56. The van der Waals surface area contributed by atoms with Gasteiger partial charge < -0.3 is 10.2 Å². The van der Waals surface area contributed by atoms with Crippen LogP contribution in [0.2, 0.25) is 0 Å². The topological polar surface area (TPSA) is 108 Å². The van der Waals surface area contributed by atoms with E-state index in [0.29, 0.717) is 10.8 Å². The second kappa shape index (κ2) is 4.97. The maximum atomic E-state index is 11.5. The molecule has 22 heavy (non-hydrogen) atoms. The van der Waals surface area contributed by atoms with Crippen LogP contribution in [0, 0.1) is 0 Å². The summed E-state index contributed by atoms with van der Waals surface area (Å²) in [6.07, 6.45) is 1.23. The van der Waals surface area contributed by atoms with Crippen molar-refractivity contribution in [3.8, 4) is 22.6 Å². The van der Waals surface area contributed by atoms with Gasteiger partial charge in [-0.15, -0.1) is 0 Å². The SMILES string of the molecule is O=S(=O)(O)c1ncccc1-c1c(O)cc(O)c2ccccc12. The molecule has 0 bridgehead atoms. The lowest BCUT2D eigenvalue weighted by Gasteiger charge is -2.12. The van der Waals surface area contributed by atoms with E-state index in [4.69, 9.17) is 0 Å². The van der Waals surface area contributed by atoms with Crippen LogP contribution < -0.4 is 0 Å². The molecule has 0 aliphatic carbocycles. The molecule has 1 aromatic heterocycles. The number of pyridine rings is 1. The lowest BCUT2D eigenvalue weighted by molar-refractivity contribution is 0.456. The third-order valence-electron chi connectivity index (χ3n) is 3.29. The Bertz CT molecular complexity index is 982. The molecule has 0 spiro atoms. The van der Waals surface area contributed by atoms with Gasteiger partial charge in [-0.05, 0) is 17.5 Å². The van der Waals surface area contributed by atoms with Gasteiger partial charge in [0.2, 0.25) is 0 Å². The summed E-state index contributed by atoms with van der Waals surface area (Å²) >= 11 is 0.